The number of anilines is 1. The number of carboxylic acids is 1. The first-order chi connectivity index (χ1) is 22.7. The van der Waals surface area contributed by atoms with Crippen molar-refractivity contribution in [3.63, 3.8) is 0 Å². The first kappa shape index (κ1) is 37.3. The molecule has 3 aromatic rings. The van der Waals surface area contributed by atoms with Gasteiger partial charge in [-0.15, -0.1) is 0 Å². The van der Waals surface area contributed by atoms with E-state index in [1.165, 1.54) is 18.2 Å². The molecule has 0 unspecified atom stereocenters. The number of hydrogen-bond donors (Lipinski definition) is 4. The van der Waals surface area contributed by atoms with Crippen molar-refractivity contribution < 1.29 is 38.2 Å². The van der Waals surface area contributed by atoms with E-state index in [2.05, 4.69) is 10.6 Å². The van der Waals surface area contributed by atoms with Crippen molar-refractivity contribution in [1.82, 2.24) is 10.6 Å². The minimum absolute atomic E-state index is 0.0145. The minimum Gasteiger partial charge on any atom is -0.480 e. The lowest BCUT2D eigenvalue weighted by molar-refractivity contribution is -0.140. The molecule has 1 heterocycles. The van der Waals surface area contributed by atoms with Crippen LogP contribution in [0.1, 0.15) is 64.5 Å². The van der Waals surface area contributed by atoms with Gasteiger partial charge in [0.2, 0.25) is 17.7 Å². The number of nitrogens with two attached hydrogens (primary N) is 1. The molecule has 2 aromatic carbocycles. The van der Waals surface area contributed by atoms with Gasteiger partial charge in [-0.1, -0.05) is 58.0 Å². The topological polar surface area (TPSA) is 198 Å². The van der Waals surface area contributed by atoms with Gasteiger partial charge in [-0.3, -0.25) is 19.3 Å². The fraction of sp³-hybridized carbons (Fsp3) is 0.429. The van der Waals surface area contributed by atoms with Crippen molar-refractivity contribution in [2.24, 2.45) is 17.6 Å². The predicted octanol–water partition coefficient (Wildman–Crippen LogP) is 4.03. The van der Waals surface area contributed by atoms with Crippen LogP contribution in [0.15, 0.2) is 63.8 Å². The largest absolute Gasteiger partial charge is 0.480 e. The molecule has 0 radical (unpaired) electrons. The number of rotatable bonds is 16. The standard InChI is InChI=1S/C35H44N4O9/c1-20(2)15-26(38-35(46)47-19-23-9-7-6-8-10-23)32(42)37-27(16-21(3)4)33(43)39(28(34(44)45)13-14-30(36)40)24-11-12-25-22(5)17-31(41)48-29(25)18-24/h6-12,17-18,20-21,26-28H,13-16,19H2,1-5H3,(H2,36,40)(H,37,42)(H,38,46)(H,44,45)/t26-,27-,28-/m0/s1. The van der Waals surface area contributed by atoms with E-state index in [4.69, 9.17) is 14.9 Å². The number of nitrogens with one attached hydrogen (secondary N) is 2. The molecular formula is C35H44N4O9. The zero-order valence-corrected chi connectivity index (χ0v) is 27.9. The van der Waals surface area contributed by atoms with Gasteiger partial charge in [-0.05, 0) is 61.3 Å². The third kappa shape index (κ3) is 10.7. The van der Waals surface area contributed by atoms with Crippen molar-refractivity contribution in [1.29, 1.82) is 0 Å². The number of nitrogens with zero attached hydrogens (tertiary/aromatic N) is 1. The Morgan fingerprint density at radius 3 is 2.17 bits per heavy atom. The predicted molar refractivity (Wildman–Crippen MR) is 179 cm³/mol. The van der Waals surface area contributed by atoms with Crippen LogP contribution in [-0.4, -0.2) is 53.0 Å². The molecule has 0 fully saturated rings. The van der Waals surface area contributed by atoms with E-state index in [9.17, 15) is 33.9 Å². The Kier molecular flexibility index (Phi) is 13.3. The van der Waals surface area contributed by atoms with Crippen molar-refractivity contribution >= 4 is 46.4 Å². The Morgan fingerprint density at radius 2 is 1.56 bits per heavy atom. The molecule has 3 rings (SSSR count). The van der Waals surface area contributed by atoms with E-state index in [0.29, 0.717) is 10.9 Å². The van der Waals surface area contributed by atoms with E-state index < -0.39 is 53.5 Å². The smallest absolute Gasteiger partial charge is 0.408 e. The summed E-state index contributed by atoms with van der Waals surface area (Å²) < 4.78 is 10.7. The maximum absolute atomic E-state index is 14.4. The normalized spacial score (nSPS) is 13.1. The van der Waals surface area contributed by atoms with Crippen molar-refractivity contribution in [3.05, 3.63) is 76.1 Å². The Morgan fingerprint density at radius 1 is 0.917 bits per heavy atom. The fourth-order valence-corrected chi connectivity index (χ4v) is 5.31. The third-order valence-electron chi connectivity index (χ3n) is 7.56. The van der Waals surface area contributed by atoms with Gasteiger partial charge < -0.3 is 30.6 Å². The Hall–Kier alpha value is -5.20. The molecule has 3 atom stereocenters. The molecule has 0 saturated heterocycles. The van der Waals surface area contributed by atoms with Crippen LogP contribution < -0.4 is 26.9 Å². The SMILES string of the molecule is Cc1cc(=O)oc2cc(N(C(=O)[C@H](CC(C)C)NC(=O)[C@H](CC(C)C)NC(=O)OCc3ccccc3)[C@@H](CCC(N)=O)C(=O)O)ccc12. The highest BCUT2D eigenvalue weighted by molar-refractivity contribution is 6.05. The quantitative estimate of drug-likeness (QED) is 0.163. The van der Waals surface area contributed by atoms with E-state index in [1.54, 1.807) is 37.3 Å². The average molecular weight is 665 g/mol. The summed E-state index contributed by atoms with van der Waals surface area (Å²) in [5.74, 6) is -3.79. The second-order valence-corrected chi connectivity index (χ2v) is 12.6. The van der Waals surface area contributed by atoms with E-state index >= 15 is 0 Å². The van der Waals surface area contributed by atoms with Crippen LogP contribution in [0.25, 0.3) is 11.0 Å². The highest BCUT2D eigenvalue weighted by atomic mass is 16.5. The summed E-state index contributed by atoms with van der Waals surface area (Å²) in [5.41, 5.74) is 6.27. The molecule has 0 aliphatic heterocycles. The maximum atomic E-state index is 14.4. The van der Waals surface area contributed by atoms with Gasteiger partial charge in [-0.25, -0.2) is 14.4 Å². The van der Waals surface area contributed by atoms with Crippen molar-refractivity contribution in [2.75, 3.05) is 4.90 Å². The number of aryl methyl sites for hydroxylation is 1. The molecule has 0 saturated carbocycles. The lowest BCUT2D eigenvalue weighted by Crippen LogP contribution is -2.58. The maximum Gasteiger partial charge on any atom is 0.408 e. The summed E-state index contributed by atoms with van der Waals surface area (Å²) in [5, 5.41) is 16.2. The van der Waals surface area contributed by atoms with Gasteiger partial charge in [-0.2, -0.15) is 0 Å². The van der Waals surface area contributed by atoms with Gasteiger partial charge in [0.05, 0.1) is 0 Å². The Balaban J connectivity index is 1.98. The summed E-state index contributed by atoms with van der Waals surface area (Å²) >= 11 is 0. The number of carbonyl (C=O) groups excluding carboxylic acids is 4. The molecule has 0 bridgehead atoms. The highest BCUT2D eigenvalue weighted by Gasteiger charge is 2.37. The van der Waals surface area contributed by atoms with E-state index in [0.717, 1.165) is 10.5 Å². The summed E-state index contributed by atoms with van der Waals surface area (Å²) in [4.78, 5) is 78.3. The first-order valence-electron chi connectivity index (χ1n) is 15.8. The highest BCUT2D eigenvalue weighted by Crippen LogP contribution is 2.28. The molecule has 13 nitrogen and oxygen atoms in total. The second kappa shape index (κ2) is 17.1. The molecule has 0 aliphatic carbocycles. The molecule has 1 aromatic heterocycles. The molecule has 5 N–H and O–H groups in total. The van der Waals surface area contributed by atoms with Crippen molar-refractivity contribution in [2.45, 2.75) is 85.0 Å². The number of alkyl carbamates (subject to hydrolysis) is 1. The van der Waals surface area contributed by atoms with E-state index in [1.807, 2.05) is 33.8 Å². The molecule has 4 amide bonds. The number of carbonyl (C=O) groups is 5. The second-order valence-electron chi connectivity index (χ2n) is 12.6. The van der Waals surface area contributed by atoms with Gasteiger partial charge in [0.25, 0.3) is 0 Å². The van der Waals surface area contributed by atoms with E-state index in [-0.39, 0.29) is 55.4 Å². The summed E-state index contributed by atoms with van der Waals surface area (Å²) in [6.07, 6.45) is -1.15. The number of primary amides is 1. The molecule has 258 valence electrons. The zero-order valence-electron chi connectivity index (χ0n) is 27.9. The molecule has 0 spiro atoms. The Labute approximate surface area is 278 Å². The summed E-state index contributed by atoms with van der Waals surface area (Å²) in [7, 11) is 0. The van der Waals surface area contributed by atoms with Crippen molar-refractivity contribution in [3.8, 4) is 0 Å². The lowest BCUT2D eigenvalue weighted by Gasteiger charge is -2.34. The summed E-state index contributed by atoms with van der Waals surface area (Å²) in [6.45, 7) is 9.09. The minimum atomic E-state index is -1.57. The van der Waals surface area contributed by atoms with Crippen LogP contribution in [0, 0.1) is 18.8 Å². The number of fused-ring (bicyclic) bond motifs is 1. The van der Waals surface area contributed by atoms with Gasteiger partial charge in [0, 0.05) is 29.6 Å². The van der Waals surface area contributed by atoms with Crippen LogP contribution in [0.2, 0.25) is 0 Å². The number of hydrogen-bond acceptors (Lipinski definition) is 8. The van der Waals surface area contributed by atoms with Gasteiger partial charge in [0.15, 0.2) is 0 Å². The molecule has 48 heavy (non-hydrogen) atoms. The Bertz CT molecular complexity index is 1670. The first-order valence-corrected chi connectivity index (χ1v) is 15.8. The number of ether oxygens (including phenoxy) is 1. The molecule has 0 aliphatic rings. The van der Waals surface area contributed by atoms with Crippen LogP contribution in [0.4, 0.5) is 10.5 Å². The van der Waals surface area contributed by atoms with Gasteiger partial charge >= 0.3 is 17.7 Å². The average Bonchev–Trinajstić information content (AvgIpc) is 3.00. The number of aliphatic carboxylic acids is 1. The fourth-order valence-electron chi connectivity index (χ4n) is 5.31. The third-order valence-corrected chi connectivity index (χ3v) is 7.56. The number of carboxylic acid groups (broad SMARTS) is 1. The lowest BCUT2D eigenvalue weighted by atomic mass is 9.98. The number of amides is 4. The molecule has 13 heteroatoms. The van der Waals surface area contributed by atoms with Crippen LogP contribution >= 0.6 is 0 Å². The number of benzene rings is 2. The van der Waals surface area contributed by atoms with Gasteiger partial charge in [0.1, 0.15) is 30.3 Å². The summed E-state index contributed by atoms with van der Waals surface area (Å²) in [6, 6.07) is 10.9. The zero-order chi connectivity index (χ0) is 35.5. The molecular weight excluding hydrogens is 620 g/mol. The van der Waals surface area contributed by atoms with Crippen LogP contribution in [-0.2, 0) is 30.5 Å². The van der Waals surface area contributed by atoms with Crippen LogP contribution in [0.3, 0.4) is 0 Å². The van der Waals surface area contributed by atoms with Crippen LogP contribution in [0.5, 0.6) is 0 Å². The monoisotopic (exact) mass is 664 g/mol.